The molecule has 37 heavy (non-hydrogen) atoms. The topological polar surface area (TPSA) is 89.0 Å². The number of fused-ring (bicyclic) bond motifs is 2. The molecule has 0 saturated carbocycles. The first-order chi connectivity index (χ1) is 17.6. The van der Waals surface area contributed by atoms with Crippen molar-refractivity contribution in [1.29, 1.82) is 0 Å². The summed E-state index contributed by atoms with van der Waals surface area (Å²) >= 11 is 0. The third-order valence-corrected chi connectivity index (χ3v) is 7.32. The van der Waals surface area contributed by atoms with Gasteiger partial charge in [-0.1, -0.05) is 19.1 Å². The predicted molar refractivity (Wildman–Crippen MR) is 148 cm³/mol. The van der Waals surface area contributed by atoms with E-state index in [1.807, 2.05) is 41.9 Å². The molecule has 4 rings (SSSR count). The Morgan fingerprint density at radius 1 is 1.16 bits per heavy atom. The summed E-state index contributed by atoms with van der Waals surface area (Å²) in [6, 6.07) is 9.37. The molecule has 2 aromatic heterocycles. The van der Waals surface area contributed by atoms with E-state index in [4.69, 9.17) is 20.6 Å². The molecule has 1 unspecified atom stereocenters. The number of nitrogens with zero attached hydrogens (tertiary/aromatic N) is 5. The van der Waals surface area contributed by atoms with Crippen LogP contribution in [-0.2, 0) is 6.42 Å². The minimum Gasteiger partial charge on any atom is -0.493 e. The fraction of sp³-hybridized carbons (Fsp3) is 0.552. The van der Waals surface area contributed by atoms with Crippen molar-refractivity contribution in [3.63, 3.8) is 0 Å². The van der Waals surface area contributed by atoms with Gasteiger partial charge < -0.3 is 20.3 Å². The van der Waals surface area contributed by atoms with Crippen LogP contribution in [0.1, 0.15) is 86.2 Å². The van der Waals surface area contributed by atoms with Crippen LogP contribution in [-0.4, -0.2) is 58.2 Å². The Balaban J connectivity index is 1.82. The lowest BCUT2D eigenvalue weighted by Gasteiger charge is -2.27. The van der Waals surface area contributed by atoms with E-state index in [0.29, 0.717) is 17.9 Å². The van der Waals surface area contributed by atoms with Gasteiger partial charge in [-0.3, -0.25) is 4.79 Å². The average molecular weight is 507 g/mol. The van der Waals surface area contributed by atoms with E-state index < -0.39 is 0 Å². The molecule has 8 nitrogen and oxygen atoms in total. The number of benzene rings is 1. The predicted octanol–water partition coefficient (Wildman–Crippen LogP) is 4.93. The smallest absolute Gasteiger partial charge is 0.257 e. The molecule has 2 bridgehead atoms. The quantitative estimate of drug-likeness (QED) is 0.540. The zero-order valence-corrected chi connectivity index (χ0v) is 23.3. The summed E-state index contributed by atoms with van der Waals surface area (Å²) < 4.78 is 8.03. The molecule has 3 heterocycles. The number of hydrogen-bond acceptors (Lipinski definition) is 6. The van der Waals surface area contributed by atoms with Crippen LogP contribution in [0.5, 0.6) is 5.75 Å². The van der Waals surface area contributed by atoms with Gasteiger partial charge in [-0.2, -0.15) is 9.61 Å². The Morgan fingerprint density at radius 2 is 1.92 bits per heavy atom. The second-order valence-electron chi connectivity index (χ2n) is 11.0. The van der Waals surface area contributed by atoms with Crippen LogP contribution in [0.3, 0.4) is 0 Å². The zero-order valence-electron chi connectivity index (χ0n) is 23.3. The van der Waals surface area contributed by atoms with Gasteiger partial charge in [0.25, 0.3) is 5.91 Å². The highest BCUT2D eigenvalue weighted by Crippen LogP contribution is 2.31. The number of rotatable bonds is 4. The highest BCUT2D eigenvalue weighted by Gasteiger charge is 2.27. The number of carbonyl (C=O) groups excluding carboxylic acids is 1. The van der Waals surface area contributed by atoms with Crippen molar-refractivity contribution in [2.75, 3.05) is 32.1 Å². The number of carbonyl (C=O) groups is 1. The Morgan fingerprint density at radius 3 is 2.65 bits per heavy atom. The van der Waals surface area contributed by atoms with Crippen LogP contribution in [0.4, 0.5) is 5.82 Å². The van der Waals surface area contributed by atoms with Crippen LogP contribution in [0.25, 0.3) is 5.65 Å². The second-order valence-corrected chi connectivity index (χ2v) is 11.0. The first-order valence-electron chi connectivity index (χ1n) is 13.5. The average Bonchev–Trinajstić information content (AvgIpc) is 3.26. The van der Waals surface area contributed by atoms with E-state index in [-0.39, 0.29) is 17.5 Å². The molecule has 0 spiro atoms. The molecule has 1 aromatic carbocycles. The second kappa shape index (κ2) is 11.1. The third kappa shape index (κ3) is 5.90. The molecule has 0 radical (unpaired) electrons. The lowest BCUT2D eigenvalue weighted by atomic mass is 9.97. The maximum Gasteiger partial charge on any atom is 0.257 e. The highest BCUT2D eigenvalue weighted by atomic mass is 16.5. The summed E-state index contributed by atoms with van der Waals surface area (Å²) in [7, 11) is 3.98. The van der Waals surface area contributed by atoms with Gasteiger partial charge in [0.15, 0.2) is 5.65 Å². The number of anilines is 1. The van der Waals surface area contributed by atoms with Gasteiger partial charge >= 0.3 is 0 Å². The monoisotopic (exact) mass is 506 g/mol. The number of para-hydroxylation sites is 1. The normalized spacial score (nSPS) is 17.8. The van der Waals surface area contributed by atoms with E-state index in [1.54, 1.807) is 4.90 Å². The highest BCUT2D eigenvalue weighted by molar-refractivity contribution is 5.97. The van der Waals surface area contributed by atoms with Crippen molar-refractivity contribution in [2.45, 2.75) is 77.8 Å². The largest absolute Gasteiger partial charge is 0.493 e. The third-order valence-electron chi connectivity index (χ3n) is 7.32. The van der Waals surface area contributed by atoms with E-state index in [9.17, 15) is 4.79 Å². The lowest BCUT2D eigenvalue weighted by molar-refractivity contribution is 0.0718. The van der Waals surface area contributed by atoms with E-state index in [0.717, 1.165) is 73.5 Å². The van der Waals surface area contributed by atoms with Crippen molar-refractivity contribution >= 4 is 17.4 Å². The summed E-state index contributed by atoms with van der Waals surface area (Å²) in [6.45, 7) is 9.82. The fourth-order valence-electron chi connectivity index (χ4n) is 5.13. The summed E-state index contributed by atoms with van der Waals surface area (Å²) in [4.78, 5) is 22.7. The number of aromatic nitrogens is 3. The van der Waals surface area contributed by atoms with Crippen LogP contribution in [0.2, 0.25) is 0 Å². The summed E-state index contributed by atoms with van der Waals surface area (Å²) in [5.74, 6) is 1.62. The Kier molecular flexibility index (Phi) is 8.07. The maximum atomic E-state index is 13.6. The standard InChI is InChI=1S/C29H42N6O2/c1-7-24-23-19-26-31-22(15-16-29(3,4)30)20(2)27(35(26)32-23)33(5)17-11-8-12-18-37-25-14-10-9-13-21(25)28(36)34(24)6/h9-10,13-14,19,24H,7-8,11-12,15-18,30H2,1-6H3. The van der Waals surface area contributed by atoms with Crippen LogP contribution in [0.15, 0.2) is 30.3 Å². The van der Waals surface area contributed by atoms with Crippen molar-refractivity contribution in [1.82, 2.24) is 19.5 Å². The van der Waals surface area contributed by atoms with E-state index in [2.05, 4.69) is 39.6 Å². The van der Waals surface area contributed by atoms with Crippen LogP contribution < -0.4 is 15.4 Å². The van der Waals surface area contributed by atoms with Gasteiger partial charge in [0.2, 0.25) is 0 Å². The van der Waals surface area contributed by atoms with Crippen molar-refractivity contribution < 1.29 is 9.53 Å². The summed E-state index contributed by atoms with van der Waals surface area (Å²) in [6.07, 6.45) is 5.37. The molecule has 200 valence electrons. The van der Waals surface area contributed by atoms with Gasteiger partial charge in [0.1, 0.15) is 11.6 Å². The summed E-state index contributed by atoms with van der Waals surface area (Å²) in [5.41, 5.74) is 10.5. The molecular weight excluding hydrogens is 464 g/mol. The van der Waals surface area contributed by atoms with Crippen molar-refractivity contribution in [3.05, 3.63) is 52.8 Å². The molecule has 0 aliphatic carbocycles. The van der Waals surface area contributed by atoms with Crippen molar-refractivity contribution in [3.8, 4) is 5.75 Å². The molecule has 2 N–H and O–H groups in total. The minimum atomic E-state index is -0.265. The Bertz CT molecular complexity index is 1250. The first kappa shape index (κ1) is 26.9. The molecule has 1 aliphatic heterocycles. The van der Waals surface area contributed by atoms with Crippen molar-refractivity contribution in [2.24, 2.45) is 5.73 Å². The fourth-order valence-corrected chi connectivity index (χ4v) is 5.13. The van der Waals surface area contributed by atoms with E-state index >= 15 is 0 Å². The minimum absolute atomic E-state index is 0.0704. The number of aryl methyl sites for hydroxylation is 1. The number of hydrogen-bond donors (Lipinski definition) is 1. The van der Waals surface area contributed by atoms with Gasteiger partial charge in [0.05, 0.1) is 23.9 Å². The number of nitrogens with two attached hydrogens (primary N) is 1. The molecule has 1 aliphatic rings. The Hall–Kier alpha value is -3.13. The van der Waals surface area contributed by atoms with E-state index in [1.165, 1.54) is 0 Å². The van der Waals surface area contributed by atoms with Crippen LogP contribution >= 0.6 is 0 Å². The van der Waals surface area contributed by atoms with Gasteiger partial charge in [-0.25, -0.2) is 4.98 Å². The van der Waals surface area contributed by atoms with Gasteiger partial charge in [0, 0.05) is 43.5 Å². The lowest BCUT2D eigenvalue weighted by Crippen LogP contribution is -2.32. The molecule has 0 fully saturated rings. The molecule has 8 heteroatoms. The Labute approximate surface area is 220 Å². The number of amides is 1. The molecule has 1 atom stereocenters. The van der Waals surface area contributed by atoms with Crippen LogP contribution in [0, 0.1) is 6.92 Å². The molecular formula is C29H42N6O2. The maximum absolute atomic E-state index is 13.6. The molecule has 1 amide bonds. The van der Waals surface area contributed by atoms with Gasteiger partial charge in [-0.15, -0.1) is 0 Å². The molecule has 3 aromatic rings. The van der Waals surface area contributed by atoms with Gasteiger partial charge in [-0.05, 0) is 71.4 Å². The number of ether oxygens (including phenoxy) is 1. The first-order valence-corrected chi connectivity index (χ1v) is 13.5. The SMILES string of the molecule is CCC1c2cc3nc(CCC(C)(C)N)c(C)c(n3n2)N(C)CCCCCOc2ccccc2C(=O)N1C. The summed E-state index contributed by atoms with van der Waals surface area (Å²) in [5, 5.41) is 5.04. The zero-order chi connectivity index (χ0) is 26.7. The molecule has 0 saturated heterocycles.